The van der Waals surface area contributed by atoms with E-state index in [-0.39, 0.29) is 6.04 Å². The Bertz CT molecular complexity index is 518. The normalized spacial score (nSPS) is 12.9. The van der Waals surface area contributed by atoms with Gasteiger partial charge in [0.15, 0.2) is 0 Å². The molecule has 0 amide bonds. The van der Waals surface area contributed by atoms with Gasteiger partial charge in [-0.1, -0.05) is 6.92 Å². The van der Waals surface area contributed by atoms with Crippen LogP contribution in [-0.4, -0.2) is 6.54 Å². The summed E-state index contributed by atoms with van der Waals surface area (Å²) < 4.78 is 6.62. The van der Waals surface area contributed by atoms with Gasteiger partial charge in [0, 0.05) is 19.8 Å². The van der Waals surface area contributed by atoms with Gasteiger partial charge in [0.25, 0.3) is 0 Å². The van der Waals surface area contributed by atoms with Crippen LogP contribution in [0.5, 0.6) is 0 Å². The number of nitrogens with one attached hydrogen (secondary N) is 1. The van der Waals surface area contributed by atoms with Crippen LogP contribution >= 0.6 is 27.3 Å². The monoisotopic (exact) mass is 327 g/mol. The highest BCUT2D eigenvalue weighted by molar-refractivity contribution is 9.10. The Kier molecular flexibility index (Phi) is 4.65. The van der Waals surface area contributed by atoms with Crippen LogP contribution in [-0.2, 0) is 0 Å². The molecule has 4 heteroatoms. The van der Waals surface area contributed by atoms with Crippen LogP contribution in [0, 0.1) is 13.8 Å². The van der Waals surface area contributed by atoms with Crippen molar-refractivity contribution in [2.24, 2.45) is 0 Å². The predicted octanol–water partition coefficient (Wildman–Crippen LogP) is 4.81. The van der Waals surface area contributed by atoms with Crippen LogP contribution in [0.2, 0.25) is 0 Å². The second-order valence-corrected chi connectivity index (χ2v) is 6.53. The molecule has 18 heavy (non-hydrogen) atoms. The highest BCUT2D eigenvalue weighted by atomic mass is 79.9. The maximum absolute atomic E-state index is 5.44. The zero-order valence-corrected chi connectivity index (χ0v) is 13.3. The van der Waals surface area contributed by atoms with Crippen LogP contribution < -0.4 is 5.32 Å². The molecule has 0 saturated carbocycles. The fraction of sp³-hybridized carbons (Fsp3) is 0.429. The summed E-state index contributed by atoms with van der Waals surface area (Å²) >= 11 is 5.49. The molecule has 2 rings (SSSR count). The van der Waals surface area contributed by atoms with E-state index in [9.17, 15) is 0 Å². The van der Waals surface area contributed by atoms with Crippen molar-refractivity contribution in [3.05, 3.63) is 43.9 Å². The molecule has 0 spiro atoms. The largest absolute Gasteiger partial charge is 0.469 e. The smallest absolute Gasteiger partial charge is 0.105 e. The minimum Gasteiger partial charge on any atom is -0.469 e. The van der Waals surface area contributed by atoms with E-state index in [1.807, 2.05) is 18.3 Å². The Labute approximate surface area is 121 Å². The number of halogens is 1. The van der Waals surface area contributed by atoms with Crippen molar-refractivity contribution in [1.29, 1.82) is 0 Å². The Morgan fingerprint density at radius 1 is 1.44 bits per heavy atom. The molecule has 1 N–H and O–H groups in total. The summed E-state index contributed by atoms with van der Waals surface area (Å²) in [5, 5.41) is 3.60. The first-order valence-electron chi connectivity index (χ1n) is 6.16. The molecule has 1 atom stereocenters. The van der Waals surface area contributed by atoms with Crippen molar-refractivity contribution < 1.29 is 4.42 Å². The molecule has 1 unspecified atom stereocenters. The lowest BCUT2D eigenvalue weighted by atomic mass is 10.1. The minimum atomic E-state index is 0.219. The van der Waals surface area contributed by atoms with Gasteiger partial charge in [0.1, 0.15) is 5.76 Å². The lowest BCUT2D eigenvalue weighted by molar-refractivity contribution is 0.518. The maximum atomic E-state index is 5.44. The fourth-order valence-electron chi connectivity index (χ4n) is 2.02. The third-order valence-corrected chi connectivity index (χ3v) is 4.94. The quantitative estimate of drug-likeness (QED) is 0.852. The first-order valence-corrected chi connectivity index (χ1v) is 7.77. The van der Waals surface area contributed by atoms with Gasteiger partial charge < -0.3 is 9.73 Å². The third-order valence-electron chi connectivity index (χ3n) is 2.91. The number of hydrogen-bond acceptors (Lipinski definition) is 3. The summed E-state index contributed by atoms with van der Waals surface area (Å²) in [5.41, 5.74) is 1.23. The fourth-order valence-corrected chi connectivity index (χ4v) is 4.00. The lowest BCUT2D eigenvalue weighted by Crippen LogP contribution is -2.22. The van der Waals surface area contributed by atoms with Crippen molar-refractivity contribution in [2.75, 3.05) is 6.54 Å². The van der Waals surface area contributed by atoms with Gasteiger partial charge >= 0.3 is 0 Å². The van der Waals surface area contributed by atoms with Crippen LogP contribution in [0.15, 0.2) is 27.3 Å². The summed E-state index contributed by atoms with van der Waals surface area (Å²) in [6, 6.07) is 4.46. The number of thiophene rings is 1. The van der Waals surface area contributed by atoms with Crippen LogP contribution in [0.3, 0.4) is 0 Å². The van der Waals surface area contributed by atoms with E-state index in [2.05, 4.69) is 47.2 Å². The zero-order valence-electron chi connectivity index (χ0n) is 10.9. The molecule has 0 fully saturated rings. The molecule has 2 heterocycles. The average Bonchev–Trinajstić information content (AvgIpc) is 2.87. The molecule has 0 saturated heterocycles. The first-order chi connectivity index (χ1) is 8.63. The maximum Gasteiger partial charge on any atom is 0.105 e. The summed E-state index contributed by atoms with van der Waals surface area (Å²) in [6.45, 7) is 7.34. The Morgan fingerprint density at radius 2 is 2.22 bits per heavy atom. The van der Waals surface area contributed by atoms with Crippen molar-refractivity contribution in [3.63, 3.8) is 0 Å². The summed E-state index contributed by atoms with van der Waals surface area (Å²) in [5.74, 6) is 0.988. The van der Waals surface area contributed by atoms with E-state index < -0.39 is 0 Å². The standard InChI is InChI=1S/C14H18BrNOS/c1-4-6-16-13(11-5-7-17-10(11)3)14-12(15)8-9(2)18-14/h5,7-8,13,16H,4,6H2,1-3H3. The number of rotatable bonds is 5. The minimum absolute atomic E-state index is 0.219. The van der Waals surface area contributed by atoms with E-state index in [4.69, 9.17) is 4.42 Å². The molecule has 0 aliphatic heterocycles. The van der Waals surface area contributed by atoms with Gasteiger partial charge in [0.2, 0.25) is 0 Å². The van der Waals surface area contributed by atoms with Gasteiger partial charge in [-0.2, -0.15) is 0 Å². The van der Waals surface area contributed by atoms with Crippen LogP contribution in [0.25, 0.3) is 0 Å². The lowest BCUT2D eigenvalue weighted by Gasteiger charge is -2.17. The van der Waals surface area contributed by atoms with Gasteiger partial charge in [0.05, 0.1) is 12.3 Å². The van der Waals surface area contributed by atoms with E-state index in [0.29, 0.717) is 0 Å². The van der Waals surface area contributed by atoms with Crippen molar-refractivity contribution in [1.82, 2.24) is 5.32 Å². The van der Waals surface area contributed by atoms with E-state index in [0.717, 1.165) is 18.7 Å². The van der Waals surface area contributed by atoms with Gasteiger partial charge in [-0.25, -0.2) is 0 Å². The highest BCUT2D eigenvalue weighted by Crippen LogP contribution is 2.36. The predicted molar refractivity (Wildman–Crippen MR) is 80.3 cm³/mol. The molecule has 2 nitrogen and oxygen atoms in total. The molecule has 98 valence electrons. The number of hydrogen-bond donors (Lipinski definition) is 1. The Hall–Kier alpha value is -0.580. The van der Waals surface area contributed by atoms with E-state index in [1.165, 1.54) is 19.8 Å². The summed E-state index contributed by atoms with van der Waals surface area (Å²) in [7, 11) is 0. The third kappa shape index (κ3) is 2.87. The van der Waals surface area contributed by atoms with Crippen LogP contribution in [0.4, 0.5) is 0 Å². The van der Waals surface area contributed by atoms with Gasteiger partial charge in [-0.3, -0.25) is 0 Å². The molecule has 2 aromatic rings. The zero-order chi connectivity index (χ0) is 13.1. The van der Waals surface area contributed by atoms with Crippen molar-refractivity contribution in [3.8, 4) is 0 Å². The van der Waals surface area contributed by atoms with Gasteiger partial charge in [-0.05, 0) is 54.9 Å². The molecule has 0 aliphatic rings. The molecular formula is C14H18BrNOS. The molecule has 0 aromatic carbocycles. The average molecular weight is 328 g/mol. The molecule has 0 bridgehead atoms. The van der Waals surface area contributed by atoms with Crippen LogP contribution in [0.1, 0.15) is 40.5 Å². The summed E-state index contributed by atoms with van der Waals surface area (Å²) in [4.78, 5) is 2.65. The number of furan rings is 1. The Morgan fingerprint density at radius 3 is 2.72 bits per heavy atom. The second kappa shape index (κ2) is 6.04. The van der Waals surface area contributed by atoms with E-state index >= 15 is 0 Å². The topological polar surface area (TPSA) is 25.2 Å². The molecule has 0 radical (unpaired) electrons. The molecular weight excluding hydrogens is 310 g/mol. The van der Waals surface area contributed by atoms with Crippen molar-refractivity contribution in [2.45, 2.75) is 33.2 Å². The summed E-state index contributed by atoms with van der Waals surface area (Å²) in [6.07, 6.45) is 2.88. The first kappa shape index (κ1) is 13.8. The van der Waals surface area contributed by atoms with Crippen molar-refractivity contribution >= 4 is 27.3 Å². The molecule has 2 aromatic heterocycles. The SMILES string of the molecule is CCCNC(c1ccoc1C)c1sc(C)cc1Br. The van der Waals surface area contributed by atoms with Gasteiger partial charge in [-0.15, -0.1) is 11.3 Å². The molecule has 0 aliphatic carbocycles. The Balaban J connectivity index is 2.37. The second-order valence-electron chi connectivity index (χ2n) is 4.39. The number of aryl methyl sites for hydroxylation is 2. The van der Waals surface area contributed by atoms with E-state index in [1.54, 1.807) is 6.26 Å². The highest BCUT2D eigenvalue weighted by Gasteiger charge is 2.21.